The third kappa shape index (κ3) is 4.37. The van der Waals surface area contributed by atoms with Gasteiger partial charge in [0.05, 0.1) is 11.5 Å². The second kappa shape index (κ2) is 6.68. The van der Waals surface area contributed by atoms with Crippen LogP contribution in [0.15, 0.2) is 18.2 Å². The van der Waals surface area contributed by atoms with Crippen LogP contribution in [0.1, 0.15) is 0 Å². The maximum atomic E-state index is 11.4. The van der Waals surface area contributed by atoms with Gasteiger partial charge in [-0.15, -0.1) is 0 Å². The summed E-state index contributed by atoms with van der Waals surface area (Å²) in [6.45, 7) is -0.503. The summed E-state index contributed by atoms with van der Waals surface area (Å²) in [6.07, 6.45) is -1.74. The lowest BCUT2D eigenvalue weighted by atomic mass is 10.3. The molecular formula is C10H10ClN3O6. The van der Waals surface area contributed by atoms with Crippen LogP contribution in [0.3, 0.4) is 0 Å². The Bertz CT molecular complexity index is 550. The Kier molecular flexibility index (Phi) is 5.23. The summed E-state index contributed by atoms with van der Waals surface area (Å²) in [5.41, 5.74) is -0.279. The number of nitrogens with one attached hydrogen (secondary N) is 2. The highest BCUT2D eigenvalue weighted by Gasteiger charge is 2.16. The molecule has 0 saturated carbocycles. The zero-order chi connectivity index (χ0) is 15.3. The van der Waals surface area contributed by atoms with Crippen molar-refractivity contribution in [1.82, 2.24) is 5.32 Å². The maximum Gasteiger partial charge on any atom is 0.334 e. The average Bonchev–Trinajstić information content (AvgIpc) is 2.37. The SMILES string of the molecule is O=C(NCC(O)C(=O)O)Nc1ccc(Cl)c([N+](=O)[O-])c1. The minimum absolute atomic E-state index is 0.0812. The Balaban J connectivity index is 2.65. The van der Waals surface area contributed by atoms with Crippen LogP contribution >= 0.6 is 11.6 Å². The Morgan fingerprint density at radius 2 is 2.10 bits per heavy atom. The largest absolute Gasteiger partial charge is 0.479 e. The lowest BCUT2D eigenvalue weighted by Crippen LogP contribution is -2.38. The van der Waals surface area contributed by atoms with Gasteiger partial charge in [0.2, 0.25) is 0 Å². The first-order valence-electron chi connectivity index (χ1n) is 5.21. The van der Waals surface area contributed by atoms with E-state index >= 15 is 0 Å². The molecule has 0 heterocycles. The molecule has 0 bridgehead atoms. The Morgan fingerprint density at radius 3 is 2.65 bits per heavy atom. The molecule has 9 nitrogen and oxygen atoms in total. The number of carbonyl (C=O) groups excluding carboxylic acids is 1. The summed E-state index contributed by atoms with van der Waals surface area (Å²) >= 11 is 5.60. The number of carboxylic acids is 1. The quantitative estimate of drug-likeness (QED) is 0.468. The lowest BCUT2D eigenvalue weighted by molar-refractivity contribution is -0.384. The fourth-order valence-electron chi connectivity index (χ4n) is 1.18. The number of urea groups is 1. The van der Waals surface area contributed by atoms with Gasteiger partial charge in [0.15, 0.2) is 6.10 Å². The second-order valence-corrected chi connectivity index (χ2v) is 4.02. The number of carboxylic acid groups (broad SMARTS) is 1. The number of nitro benzene ring substituents is 1. The molecule has 1 unspecified atom stereocenters. The first kappa shape index (κ1) is 15.7. The first-order valence-corrected chi connectivity index (χ1v) is 5.58. The van der Waals surface area contributed by atoms with E-state index in [-0.39, 0.29) is 16.4 Å². The molecule has 20 heavy (non-hydrogen) atoms. The lowest BCUT2D eigenvalue weighted by Gasteiger charge is -2.09. The van der Waals surface area contributed by atoms with Crippen LogP contribution in [0.5, 0.6) is 0 Å². The molecule has 0 saturated heterocycles. The number of halogens is 1. The van der Waals surface area contributed by atoms with Crippen LogP contribution in [-0.4, -0.2) is 39.8 Å². The van der Waals surface area contributed by atoms with Crippen molar-refractivity contribution < 1.29 is 24.7 Å². The molecule has 0 aliphatic carbocycles. The molecule has 4 N–H and O–H groups in total. The number of benzene rings is 1. The minimum atomic E-state index is -1.74. The van der Waals surface area contributed by atoms with E-state index in [2.05, 4.69) is 10.6 Å². The van der Waals surface area contributed by atoms with Gasteiger partial charge in [-0.25, -0.2) is 9.59 Å². The number of hydrogen-bond donors (Lipinski definition) is 4. The van der Waals surface area contributed by atoms with Crippen molar-refractivity contribution in [3.05, 3.63) is 33.3 Å². The van der Waals surface area contributed by atoms with Crippen LogP contribution in [0.2, 0.25) is 5.02 Å². The van der Waals surface area contributed by atoms with Crippen LogP contribution in [-0.2, 0) is 4.79 Å². The summed E-state index contributed by atoms with van der Waals surface area (Å²) < 4.78 is 0. The van der Waals surface area contributed by atoms with Crippen LogP contribution in [0, 0.1) is 10.1 Å². The van der Waals surface area contributed by atoms with Crippen molar-refractivity contribution in [1.29, 1.82) is 0 Å². The van der Waals surface area contributed by atoms with Crippen LogP contribution in [0.4, 0.5) is 16.2 Å². The fraction of sp³-hybridized carbons (Fsp3) is 0.200. The van der Waals surface area contributed by atoms with E-state index < -0.39 is 29.6 Å². The molecule has 0 aliphatic heterocycles. The average molecular weight is 304 g/mol. The summed E-state index contributed by atoms with van der Waals surface area (Å²) in [5.74, 6) is -1.48. The number of aliphatic carboxylic acids is 1. The normalized spacial score (nSPS) is 11.5. The number of aliphatic hydroxyl groups is 1. The molecule has 0 spiro atoms. The minimum Gasteiger partial charge on any atom is -0.479 e. The molecule has 0 radical (unpaired) electrons. The molecule has 108 valence electrons. The smallest absolute Gasteiger partial charge is 0.334 e. The maximum absolute atomic E-state index is 11.4. The second-order valence-electron chi connectivity index (χ2n) is 3.61. The van der Waals surface area contributed by atoms with Gasteiger partial charge in [-0.05, 0) is 12.1 Å². The van der Waals surface area contributed by atoms with Crippen molar-refractivity contribution in [2.24, 2.45) is 0 Å². The van der Waals surface area contributed by atoms with Crippen molar-refractivity contribution in [2.45, 2.75) is 6.10 Å². The highest BCUT2D eigenvalue weighted by molar-refractivity contribution is 6.32. The predicted molar refractivity (Wildman–Crippen MR) is 68.8 cm³/mol. The van der Waals surface area contributed by atoms with Crippen molar-refractivity contribution in [3.8, 4) is 0 Å². The number of aliphatic hydroxyl groups excluding tert-OH is 1. The van der Waals surface area contributed by atoms with Gasteiger partial charge in [-0.3, -0.25) is 10.1 Å². The van der Waals surface area contributed by atoms with Crippen molar-refractivity contribution >= 4 is 35.0 Å². The number of rotatable bonds is 5. The molecule has 1 rings (SSSR count). The zero-order valence-corrected chi connectivity index (χ0v) is 10.6. The number of anilines is 1. The predicted octanol–water partition coefficient (Wildman–Crippen LogP) is 0.815. The third-order valence-electron chi connectivity index (χ3n) is 2.14. The van der Waals surface area contributed by atoms with E-state index in [4.69, 9.17) is 21.8 Å². The molecule has 2 amide bonds. The van der Waals surface area contributed by atoms with Gasteiger partial charge in [0, 0.05) is 11.8 Å². The molecule has 1 aromatic carbocycles. The summed E-state index contributed by atoms with van der Waals surface area (Å²) in [6, 6.07) is 2.81. The van der Waals surface area contributed by atoms with Gasteiger partial charge in [-0.1, -0.05) is 11.6 Å². The molecule has 10 heteroatoms. The fourth-order valence-corrected chi connectivity index (χ4v) is 1.37. The number of nitro groups is 1. The van der Waals surface area contributed by atoms with E-state index in [0.29, 0.717) is 0 Å². The Hall–Kier alpha value is -2.39. The highest BCUT2D eigenvalue weighted by atomic mass is 35.5. The summed E-state index contributed by atoms with van der Waals surface area (Å²) in [7, 11) is 0. The topological polar surface area (TPSA) is 142 Å². The van der Waals surface area contributed by atoms with Crippen LogP contribution < -0.4 is 10.6 Å². The van der Waals surface area contributed by atoms with E-state index in [9.17, 15) is 19.7 Å². The van der Waals surface area contributed by atoms with Gasteiger partial charge in [0.1, 0.15) is 5.02 Å². The van der Waals surface area contributed by atoms with E-state index in [0.717, 1.165) is 6.07 Å². The van der Waals surface area contributed by atoms with Crippen LogP contribution in [0.25, 0.3) is 0 Å². The summed E-state index contributed by atoms with van der Waals surface area (Å²) in [4.78, 5) is 31.6. The van der Waals surface area contributed by atoms with Crippen molar-refractivity contribution in [2.75, 3.05) is 11.9 Å². The van der Waals surface area contributed by atoms with Gasteiger partial charge < -0.3 is 20.8 Å². The Labute approximate surface area is 117 Å². The molecule has 1 atom stereocenters. The highest BCUT2D eigenvalue weighted by Crippen LogP contribution is 2.27. The van der Waals surface area contributed by atoms with Gasteiger partial charge >= 0.3 is 12.0 Å². The van der Waals surface area contributed by atoms with E-state index in [1.807, 2.05) is 0 Å². The number of hydrogen-bond acceptors (Lipinski definition) is 5. The third-order valence-corrected chi connectivity index (χ3v) is 2.46. The standard InChI is InChI=1S/C10H10ClN3O6/c11-6-2-1-5(3-7(6)14(19)20)13-10(18)12-4-8(15)9(16)17/h1-3,8,15H,4H2,(H,16,17)(H2,12,13,18). The van der Waals surface area contributed by atoms with Crippen molar-refractivity contribution in [3.63, 3.8) is 0 Å². The molecular weight excluding hydrogens is 294 g/mol. The van der Waals surface area contributed by atoms with Gasteiger partial charge in [0.25, 0.3) is 5.69 Å². The molecule has 0 aromatic heterocycles. The van der Waals surface area contributed by atoms with Gasteiger partial charge in [-0.2, -0.15) is 0 Å². The number of carbonyl (C=O) groups is 2. The Morgan fingerprint density at radius 1 is 1.45 bits per heavy atom. The number of amides is 2. The first-order chi connectivity index (χ1) is 9.31. The van der Waals surface area contributed by atoms with E-state index in [1.54, 1.807) is 0 Å². The van der Waals surface area contributed by atoms with E-state index in [1.165, 1.54) is 12.1 Å². The zero-order valence-electron chi connectivity index (χ0n) is 9.87. The monoisotopic (exact) mass is 303 g/mol. The number of nitrogens with zero attached hydrogens (tertiary/aromatic N) is 1. The molecule has 0 fully saturated rings. The molecule has 1 aromatic rings. The molecule has 0 aliphatic rings. The summed E-state index contributed by atoms with van der Waals surface area (Å²) in [5, 5.41) is 32.2.